The molecule has 3 aromatic heterocycles. The number of piperazine rings is 1. The lowest BCUT2D eigenvalue weighted by Crippen LogP contribution is -2.47. The first-order valence-corrected chi connectivity index (χ1v) is 21.4. The van der Waals surface area contributed by atoms with Crippen molar-refractivity contribution in [3.63, 3.8) is 0 Å². The maximum absolute atomic E-state index is 14.2. The van der Waals surface area contributed by atoms with Gasteiger partial charge in [0.05, 0.1) is 46.2 Å². The van der Waals surface area contributed by atoms with Crippen molar-refractivity contribution in [2.75, 3.05) is 44.2 Å². The summed E-state index contributed by atoms with van der Waals surface area (Å²) in [4.78, 5) is 64.1. The zero-order chi connectivity index (χ0) is 43.9. The average molecular weight is 865 g/mol. The highest BCUT2D eigenvalue weighted by Gasteiger charge is 2.32. The number of benzene rings is 3. The van der Waals surface area contributed by atoms with E-state index in [9.17, 15) is 37.5 Å². The fourth-order valence-electron chi connectivity index (χ4n) is 9.21. The summed E-state index contributed by atoms with van der Waals surface area (Å²) in [5.41, 5.74) is 4.03. The fraction of sp³-hybridized carbons (Fsp3) is 0.400. The highest BCUT2D eigenvalue weighted by molar-refractivity contribution is 6.00. The van der Waals surface area contributed by atoms with Crippen LogP contribution in [0.5, 0.6) is 5.75 Å². The van der Waals surface area contributed by atoms with Crippen LogP contribution in [0.3, 0.4) is 0 Å². The number of imide groups is 1. The summed E-state index contributed by atoms with van der Waals surface area (Å²) in [5.74, 6) is -6.97. The monoisotopic (exact) mass is 864 g/mol. The Labute approximate surface area is 359 Å². The number of aryl methyl sites for hydroxylation is 2. The molecule has 15 nitrogen and oxygen atoms in total. The van der Waals surface area contributed by atoms with E-state index in [1.165, 1.54) is 4.57 Å². The van der Waals surface area contributed by atoms with Crippen LogP contribution in [0, 0.1) is 23.4 Å². The van der Waals surface area contributed by atoms with Gasteiger partial charge in [-0.3, -0.25) is 43.4 Å². The third kappa shape index (κ3) is 8.38. The van der Waals surface area contributed by atoms with Crippen molar-refractivity contribution >= 4 is 45.5 Å². The van der Waals surface area contributed by atoms with Crippen LogP contribution in [0.15, 0.2) is 65.8 Å². The van der Waals surface area contributed by atoms with Crippen molar-refractivity contribution < 1.29 is 32.7 Å². The van der Waals surface area contributed by atoms with E-state index in [0.29, 0.717) is 18.0 Å². The second-order valence-electron chi connectivity index (χ2n) is 16.8. The third-order valence-electron chi connectivity index (χ3n) is 12.9. The molecule has 18 heteroatoms. The predicted octanol–water partition coefficient (Wildman–Crippen LogP) is 5.16. The quantitative estimate of drug-likeness (QED) is 0.117. The number of carbonyl (C=O) groups is 3. The van der Waals surface area contributed by atoms with E-state index in [-0.39, 0.29) is 36.5 Å². The molecule has 5 heterocycles. The fourth-order valence-corrected chi connectivity index (χ4v) is 9.21. The molecule has 2 saturated heterocycles. The summed E-state index contributed by atoms with van der Waals surface area (Å²) in [6, 6.07) is 12.0. The van der Waals surface area contributed by atoms with Crippen LogP contribution in [0.1, 0.15) is 73.0 Å². The number of amides is 3. The summed E-state index contributed by atoms with van der Waals surface area (Å²) in [6.45, 7) is 4.63. The van der Waals surface area contributed by atoms with Gasteiger partial charge in [-0.05, 0) is 87.2 Å². The molecule has 1 atom stereocenters. The number of imidazole rings is 1. The van der Waals surface area contributed by atoms with Gasteiger partial charge in [0.1, 0.15) is 11.9 Å². The van der Waals surface area contributed by atoms with Crippen LogP contribution in [-0.2, 0) is 23.1 Å². The molecule has 3 fully saturated rings. The summed E-state index contributed by atoms with van der Waals surface area (Å²) in [7, 11) is 1.71. The summed E-state index contributed by atoms with van der Waals surface area (Å²) in [5, 5.41) is 20.1. The highest BCUT2D eigenvalue weighted by Crippen LogP contribution is 2.34. The Hall–Kier alpha value is -6.56. The molecule has 1 aliphatic carbocycles. The minimum atomic E-state index is -1.79. The first-order chi connectivity index (χ1) is 30.4. The van der Waals surface area contributed by atoms with E-state index in [1.807, 2.05) is 53.5 Å². The van der Waals surface area contributed by atoms with Crippen LogP contribution in [0.25, 0.3) is 33.2 Å². The Morgan fingerprint density at radius 2 is 1.70 bits per heavy atom. The van der Waals surface area contributed by atoms with Crippen molar-refractivity contribution in [2.24, 2.45) is 13.0 Å². The lowest BCUT2D eigenvalue weighted by Gasteiger charge is -2.35. The molecule has 2 aliphatic heterocycles. The average Bonchev–Trinajstić information content (AvgIpc) is 3.83. The number of fused-ring (bicyclic) bond motifs is 2. The number of phenols is 1. The first-order valence-electron chi connectivity index (χ1n) is 21.4. The first kappa shape index (κ1) is 41.8. The van der Waals surface area contributed by atoms with Gasteiger partial charge in [0.25, 0.3) is 5.91 Å². The minimum absolute atomic E-state index is 0.109. The number of phenolic OH excluding ortho intramolecular Hbond substituents is 1. The van der Waals surface area contributed by atoms with Gasteiger partial charge >= 0.3 is 5.69 Å². The number of piperidine rings is 1. The Morgan fingerprint density at radius 3 is 2.44 bits per heavy atom. The van der Waals surface area contributed by atoms with Gasteiger partial charge in [-0.15, -0.1) is 0 Å². The number of carbonyl (C=O) groups excluding carboxylic acids is 3. The number of aromatic nitrogens is 6. The molecule has 1 unspecified atom stereocenters. The molecule has 1 saturated carbocycles. The van der Waals surface area contributed by atoms with Gasteiger partial charge in [-0.25, -0.2) is 18.6 Å². The van der Waals surface area contributed by atoms with Gasteiger partial charge in [0.2, 0.25) is 17.6 Å². The predicted molar refractivity (Wildman–Crippen MR) is 228 cm³/mol. The van der Waals surface area contributed by atoms with Crippen molar-refractivity contribution in [3.8, 4) is 17.0 Å². The van der Waals surface area contributed by atoms with Crippen molar-refractivity contribution in [1.82, 2.24) is 44.4 Å². The van der Waals surface area contributed by atoms with Crippen molar-refractivity contribution in [2.45, 2.75) is 63.5 Å². The van der Waals surface area contributed by atoms with Crippen molar-refractivity contribution in [1.29, 1.82) is 0 Å². The molecule has 3 aromatic carbocycles. The molecule has 0 bridgehead atoms. The van der Waals surface area contributed by atoms with Crippen LogP contribution in [0.4, 0.5) is 19.0 Å². The number of hydrogen-bond donors (Lipinski definition) is 3. The molecule has 328 valence electrons. The van der Waals surface area contributed by atoms with Gasteiger partial charge < -0.3 is 15.3 Å². The van der Waals surface area contributed by atoms with E-state index in [4.69, 9.17) is 15.1 Å². The van der Waals surface area contributed by atoms with E-state index in [2.05, 4.69) is 20.4 Å². The zero-order valence-corrected chi connectivity index (χ0v) is 34.7. The van der Waals surface area contributed by atoms with Crippen LogP contribution in [0.2, 0.25) is 0 Å². The van der Waals surface area contributed by atoms with Crippen LogP contribution >= 0.6 is 0 Å². The number of anilines is 1. The van der Waals surface area contributed by atoms with E-state index in [0.717, 1.165) is 110 Å². The number of nitrogens with one attached hydrogen (secondary N) is 2. The van der Waals surface area contributed by atoms with Gasteiger partial charge in [0, 0.05) is 63.3 Å². The number of aromatic hydroxyl groups is 1. The Balaban J connectivity index is 0.737. The highest BCUT2D eigenvalue weighted by atomic mass is 19.2. The molecule has 3 aliphatic rings. The van der Waals surface area contributed by atoms with E-state index >= 15 is 0 Å². The Kier molecular flexibility index (Phi) is 11.5. The molecule has 3 N–H and O–H groups in total. The van der Waals surface area contributed by atoms with Gasteiger partial charge in [-0.1, -0.05) is 18.2 Å². The second kappa shape index (κ2) is 17.3. The summed E-state index contributed by atoms with van der Waals surface area (Å²) in [6.07, 6.45) is 11.2. The minimum Gasteiger partial charge on any atom is -0.503 e. The Morgan fingerprint density at radius 1 is 0.905 bits per heavy atom. The van der Waals surface area contributed by atoms with Crippen LogP contribution in [-0.4, -0.2) is 95.9 Å². The lowest BCUT2D eigenvalue weighted by molar-refractivity contribution is -0.135. The molecule has 63 heavy (non-hydrogen) atoms. The van der Waals surface area contributed by atoms with E-state index < -0.39 is 46.6 Å². The number of rotatable bonds is 11. The molecule has 0 radical (unpaired) electrons. The zero-order valence-electron chi connectivity index (χ0n) is 34.7. The SMILES string of the molecule is Cn1c(=O)n(C2CCC(=O)NC2=O)c2ccc(CCCN3CCN(c4cnc(-c5ccc6cn(C7CCC(CNC(=O)c8cc(F)c(O)c(F)c8F)CC7)nc6c5)cn4)CC3)cc21. The smallest absolute Gasteiger partial charge is 0.329 e. The second-order valence-corrected chi connectivity index (χ2v) is 16.8. The molecule has 9 rings (SSSR count). The standard InChI is InChI=1S/C45H47F3N10O5/c1-54-37-19-26(6-11-35(37)58(45(54)63)36-12-13-39(59)52-44(36)62)3-2-14-55-15-17-56(18-16-55)38-24-49-34(23-50-38)28-7-8-29-25-57(53-33(29)20-28)30-9-4-27(5-10-30)22-51-43(61)31-21-32(46)42(60)41(48)40(31)47/h6-8,11,19-21,23-25,27,30,36,60H,2-5,9-10,12-18,22H2,1H3,(H,51,61)(H,52,59,62). The molecule has 0 spiro atoms. The van der Waals surface area contributed by atoms with Gasteiger partial charge in [-0.2, -0.15) is 9.49 Å². The van der Waals surface area contributed by atoms with E-state index in [1.54, 1.807) is 17.8 Å². The topological polar surface area (TPSA) is 173 Å². The molecule has 6 aromatic rings. The summed E-state index contributed by atoms with van der Waals surface area (Å²) >= 11 is 0. The molecular weight excluding hydrogens is 818 g/mol. The van der Waals surface area contributed by atoms with Gasteiger partial charge in [0.15, 0.2) is 17.4 Å². The lowest BCUT2D eigenvalue weighted by atomic mass is 9.86. The number of halogens is 3. The number of nitrogens with zero attached hydrogens (tertiary/aromatic N) is 8. The normalized spacial score (nSPS) is 19.8. The summed E-state index contributed by atoms with van der Waals surface area (Å²) < 4.78 is 46.7. The van der Waals surface area contributed by atoms with Crippen molar-refractivity contribution in [3.05, 3.63) is 100 Å². The molecular formula is C45H47F3N10O5. The molecule has 3 amide bonds. The Bertz CT molecular complexity index is 2790. The number of hydrogen-bond acceptors (Lipinski definition) is 10. The third-order valence-corrected chi connectivity index (χ3v) is 12.9. The maximum atomic E-state index is 14.2. The maximum Gasteiger partial charge on any atom is 0.329 e. The largest absolute Gasteiger partial charge is 0.503 e. The van der Waals surface area contributed by atoms with Crippen LogP contribution < -0.4 is 21.2 Å².